The highest BCUT2D eigenvalue weighted by atomic mass is 15.3. The number of hydrogen-bond donors (Lipinski definition) is 2. The summed E-state index contributed by atoms with van der Waals surface area (Å²) in [5.74, 6) is 0.280. The zero-order chi connectivity index (χ0) is 10.7. The van der Waals surface area contributed by atoms with Crippen molar-refractivity contribution in [2.75, 3.05) is 26.2 Å². The van der Waals surface area contributed by atoms with Gasteiger partial charge in [0.2, 0.25) is 0 Å². The summed E-state index contributed by atoms with van der Waals surface area (Å²) in [7, 11) is 0. The van der Waals surface area contributed by atoms with Gasteiger partial charge < -0.3 is 5.73 Å². The predicted molar refractivity (Wildman–Crippen MR) is 59.7 cm³/mol. The van der Waals surface area contributed by atoms with Crippen LogP contribution in [0.25, 0.3) is 0 Å². The first-order valence-corrected chi connectivity index (χ1v) is 5.38. The Bertz CT molecular complexity index is 204. The lowest BCUT2D eigenvalue weighted by atomic mass is 10.1. The molecule has 1 rings (SSSR count). The van der Waals surface area contributed by atoms with Crippen LogP contribution in [0.15, 0.2) is 0 Å². The molecule has 1 saturated heterocycles. The highest BCUT2D eigenvalue weighted by molar-refractivity contribution is 5.82. The van der Waals surface area contributed by atoms with E-state index in [4.69, 9.17) is 11.1 Å². The smallest absolute Gasteiger partial charge is 0.108 e. The second-order valence-electron chi connectivity index (χ2n) is 4.10. The monoisotopic (exact) mass is 198 g/mol. The summed E-state index contributed by atoms with van der Waals surface area (Å²) in [6.07, 6.45) is 0. The largest absolute Gasteiger partial charge is 0.386 e. The summed E-state index contributed by atoms with van der Waals surface area (Å²) in [5.41, 5.74) is 5.51. The van der Waals surface area contributed by atoms with E-state index in [0.29, 0.717) is 6.04 Å². The van der Waals surface area contributed by atoms with Crippen molar-refractivity contribution in [3.8, 4) is 0 Å². The van der Waals surface area contributed by atoms with E-state index >= 15 is 0 Å². The summed E-state index contributed by atoms with van der Waals surface area (Å²) >= 11 is 0. The van der Waals surface area contributed by atoms with Crippen molar-refractivity contribution in [1.82, 2.24) is 9.80 Å². The van der Waals surface area contributed by atoms with Crippen molar-refractivity contribution in [3.05, 3.63) is 0 Å². The van der Waals surface area contributed by atoms with Crippen molar-refractivity contribution in [2.45, 2.75) is 32.9 Å². The molecule has 82 valence electrons. The maximum absolute atomic E-state index is 7.42. The normalized spacial score (nSPS) is 27.5. The molecular formula is C10H22N4. The lowest BCUT2D eigenvalue weighted by Crippen LogP contribution is -2.56. The van der Waals surface area contributed by atoms with Crippen LogP contribution in [0.5, 0.6) is 0 Å². The molecule has 0 saturated carbocycles. The Labute approximate surface area is 86.6 Å². The fraction of sp³-hybridized carbons (Fsp3) is 0.900. The molecule has 3 N–H and O–H groups in total. The summed E-state index contributed by atoms with van der Waals surface area (Å²) in [6, 6.07) is 0.673. The number of hydrogen-bond acceptors (Lipinski definition) is 3. The van der Waals surface area contributed by atoms with Gasteiger partial charge in [0.15, 0.2) is 0 Å². The van der Waals surface area contributed by atoms with Crippen LogP contribution in [0.4, 0.5) is 0 Å². The molecule has 1 fully saturated rings. The van der Waals surface area contributed by atoms with Crippen LogP contribution in [-0.4, -0.2) is 53.9 Å². The molecule has 1 aliphatic heterocycles. The van der Waals surface area contributed by atoms with Gasteiger partial charge >= 0.3 is 0 Å². The molecule has 4 nitrogen and oxygen atoms in total. The third-order valence-corrected chi connectivity index (χ3v) is 3.20. The van der Waals surface area contributed by atoms with Crippen LogP contribution in [0.1, 0.15) is 20.8 Å². The summed E-state index contributed by atoms with van der Waals surface area (Å²) < 4.78 is 0. The van der Waals surface area contributed by atoms with Crippen LogP contribution in [0, 0.1) is 5.41 Å². The number of nitrogens with zero attached hydrogens (tertiary/aromatic N) is 2. The van der Waals surface area contributed by atoms with Gasteiger partial charge in [0.1, 0.15) is 5.84 Å². The van der Waals surface area contributed by atoms with Gasteiger partial charge in [-0.2, -0.15) is 0 Å². The number of piperazine rings is 1. The van der Waals surface area contributed by atoms with Crippen molar-refractivity contribution in [3.63, 3.8) is 0 Å². The fourth-order valence-corrected chi connectivity index (χ4v) is 2.04. The minimum absolute atomic E-state index is 0.0939. The fourth-order valence-electron chi connectivity index (χ4n) is 2.04. The molecule has 0 spiro atoms. The number of rotatable bonds is 3. The van der Waals surface area contributed by atoms with Crippen molar-refractivity contribution < 1.29 is 0 Å². The highest BCUT2D eigenvalue weighted by Crippen LogP contribution is 2.11. The molecule has 0 aromatic heterocycles. The molecule has 1 aliphatic rings. The first-order chi connectivity index (χ1) is 6.56. The molecule has 0 bridgehead atoms. The second kappa shape index (κ2) is 4.75. The maximum atomic E-state index is 7.42. The van der Waals surface area contributed by atoms with E-state index in [1.54, 1.807) is 0 Å². The van der Waals surface area contributed by atoms with Gasteiger partial charge in [0.05, 0.1) is 6.04 Å². The van der Waals surface area contributed by atoms with Gasteiger partial charge in [0, 0.05) is 25.7 Å². The van der Waals surface area contributed by atoms with Gasteiger partial charge in [-0.25, -0.2) is 0 Å². The molecule has 2 unspecified atom stereocenters. The molecular weight excluding hydrogens is 176 g/mol. The molecule has 14 heavy (non-hydrogen) atoms. The lowest BCUT2D eigenvalue weighted by Gasteiger charge is -2.41. The van der Waals surface area contributed by atoms with E-state index in [9.17, 15) is 0 Å². The Morgan fingerprint density at radius 3 is 2.64 bits per heavy atom. The Balaban J connectivity index is 2.50. The molecule has 0 amide bonds. The minimum Gasteiger partial charge on any atom is -0.386 e. The SMILES string of the molecule is CCN1CCN(C(C)C(=N)N)CC1C. The maximum Gasteiger partial charge on any atom is 0.108 e. The van der Waals surface area contributed by atoms with E-state index in [1.807, 2.05) is 6.92 Å². The topological polar surface area (TPSA) is 56.4 Å². The van der Waals surface area contributed by atoms with Gasteiger partial charge in [-0.3, -0.25) is 15.2 Å². The number of nitrogens with one attached hydrogen (secondary N) is 1. The average Bonchev–Trinajstić information content (AvgIpc) is 2.16. The van der Waals surface area contributed by atoms with Crippen LogP contribution in [0.3, 0.4) is 0 Å². The minimum atomic E-state index is 0.0939. The number of nitrogens with two attached hydrogens (primary N) is 1. The molecule has 0 aromatic carbocycles. The van der Waals surface area contributed by atoms with Gasteiger partial charge in [-0.15, -0.1) is 0 Å². The molecule has 2 atom stereocenters. The van der Waals surface area contributed by atoms with Gasteiger partial charge in [-0.1, -0.05) is 6.92 Å². The molecule has 0 aromatic rings. The zero-order valence-electron chi connectivity index (χ0n) is 9.45. The standard InChI is InChI=1S/C10H22N4/c1-4-13-5-6-14(7-8(13)2)9(3)10(11)12/h8-9H,4-7H2,1-3H3,(H3,11,12). The molecule has 1 heterocycles. The van der Waals surface area contributed by atoms with Gasteiger partial charge in [0.25, 0.3) is 0 Å². The van der Waals surface area contributed by atoms with Crippen LogP contribution in [-0.2, 0) is 0 Å². The van der Waals surface area contributed by atoms with Crippen molar-refractivity contribution in [2.24, 2.45) is 5.73 Å². The van der Waals surface area contributed by atoms with E-state index in [0.717, 1.165) is 26.2 Å². The van der Waals surface area contributed by atoms with Gasteiger partial charge in [-0.05, 0) is 20.4 Å². The second-order valence-corrected chi connectivity index (χ2v) is 4.10. The number of amidine groups is 1. The van der Waals surface area contributed by atoms with Crippen molar-refractivity contribution >= 4 is 5.84 Å². The van der Waals surface area contributed by atoms with E-state index in [2.05, 4.69) is 23.6 Å². The summed E-state index contributed by atoms with van der Waals surface area (Å²) in [4.78, 5) is 4.75. The molecule has 4 heteroatoms. The highest BCUT2D eigenvalue weighted by Gasteiger charge is 2.26. The third kappa shape index (κ3) is 2.45. The van der Waals surface area contributed by atoms with E-state index < -0.39 is 0 Å². The Hall–Kier alpha value is -0.610. The molecule has 0 aliphatic carbocycles. The Morgan fingerprint density at radius 2 is 2.21 bits per heavy atom. The Morgan fingerprint density at radius 1 is 1.57 bits per heavy atom. The average molecular weight is 198 g/mol. The van der Waals surface area contributed by atoms with Crippen LogP contribution in [0.2, 0.25) is 0 Å². The quantitative estimate of drug-likeness (QED) is 0.508. The summed E-state index contributed by atoms with van der Waals surface area (Å²) in [5, 5.41) is 7.42. The predicted octanol–water partition coefficient (Wildman–Crippen LogP) is 0.337. The first kappa shape index (κ1) is 11.5. The lowest BCUT2D eigenvalue weighted by molar-refractivity contribution is 0.0794. The third-order valence-electron chi connectivity index (χ3n) is 3.20. The van der Waals surface area contributed by atoms with Crippen LogP contribution >= 0.6 is 0 Å². The number of likely N-dealkylation sites (N-methyl/N-ethyl adjacent to an activating group) is 1. The summed E-state index contributed by atoms with van der Waals surface area (Å²) in [6.45, 7) is 10.7. The molecule has 0 radical (unpaired) electrons. The van der Waals surface area contributed by atoms with E-state index in [-0.39, 0.29) is 11.9 Å². The van der Waals surface area contributed by atoms with Crippen molar-refractivity contribution in [1.29, 1.82) is 5.41 Å². The first-order valence-electron chi connectivity index (χ1n) is 5.38. The van der Waals surface area contributed by atoms with E-state index in [1.165, 1.54) is 0 Å². The Kier molecular flexibility index (Phi) is 3.89. The van der Waals surface area contributed by atoms with Crippen LogP contribution < -0.4 is 5.73 Å². The zero-order valence-corrected chi connectivity index (χ0v) is 9.45.